The number of hydrogen-bond acceptors (Lipinski definition) is 4. The topological polar surface area (TPSA) is 69.4 Å². The van der Waals surface area contributed by atoms with Crippen LogP contribution in [0, 0.1) is 10.1 Å². The highest BCUT2D eigenvalue weighted by Gasteiger charge is 2.38. The fraction of sp³-hybridized carbons (Fsp3) is 0.364. The molecule has 0 saturated heterocycles. The van der Waals surface area contributed by atoms with Crippen molar-refractivity contribution in [1.82, 2.24) is 0 Å². The standard InChI is InChI=1S/C11H10F3NO4/c1-6(16)9-5-8(15(17)18)3-4-10(9)19-7(2)11(12,13)14/h3-5,7H,1-2H3. The van der Waals surface area contributed by atoms with Gasteiger partial charge in [-0.3, -0.25) is 14.9 Å². The van der Waals surface area contributed by atoms with Crippen molar-refractivity contribution < 1.29 is 27.6 Å². The van der Waals surface area contributed by atoms with Gasteiger partial charge >= 0.3 is 6.18 Å². The van der Waals surface area contributed by atoms with Crippen LogP contribution in [0.15, 0.2) is 18.2 Å². The van der Waals surface area contributed by atoms with Crippen molar-refractivity contribution in [2.75, 3.05) is 0 Å². The Morgan fingerprint density at radius 3 is 2.42 bits per heavy atom. The highest BCUT2D eigenvalue weighted by Crippen LogP contribution is 2.29. The van der Waals surface area contributed by atoms with E-state index in [2.05, 4.69) is 4.74 Å². The van der Waals surface area contributed by atoms with Crippen molar-refractivity contribution in [3.05, 3.63) is 33.9 Å². The minimum absolute atomic E-state index is 0.259. The van der Waals surface area contributed by atoms with E-state index in [4.69, 9.17) is 0 Å². The van der Waals surface area contributed by atoms with Crippen LogP contribution >= 0.6 is 0 Å². The molecule has 0 aliphatic carbocycles. The first-order valence-electron chi connectivity index (χ1n) is 5.15. The molecular weight excluding hydrogens is 267 g/mol. The van der Waals surface area contributed by atoms with Crippen molar-refractivity contribution in [2.45, 2.75) is 26.1 Å². The molecule has 0 saturated carbocycles. The van der Waals surface area contributed by atoms with Gasteiger partial charge in [0.15, 0.2) is 11.9 Å². The Labute approximate surface area is 106 Å². The third-order valence-corrected chi connectivity index (χ3v) is 2.32. The molecule has 0 aromatic heterocycles. The molecule has 0 spiro atoms. The van der Waals surface area contributed by atoms with Crippen LogP contribution in [0.3, 0.4) is 0 Å². The lowest BCUT2D eigenvalue weighted by Gasteiger charge is -2.18. The molecule has 0 aliphatic heterocycles. The van der Waals surface area contributed by atoms with E-state index in [0.717, 1.165) is 32.0 Å². The van der Waals surface area contributed by atoms with E-state index < -0.39 is 28.7 Å². The quantitative estimate of drug-likeness (QED) is 0.481. The van der Waals surface area contributed by atoms with E-state index in [1.54, 1.807) is 0 Å². The van der Waals surface area contributed by atoms with E-state index in [9.17, 15) is 28.1 Å². The molecule has 0 fully saturated rings. The van der Waals surface area contributed by atoms with Crippen LogP contribution in [0.2, 0.25) is 0 Å². The van der Waals surface area contributed by atoms with Gasteiger partial charge in [0.25, 0.3) is 5.69 Å². The first-order chi connectivity index (χ1) is 8.62. The maximum Gasteiger partial charge on any atom is 0.425 e. The number of carbonyl (C=O) groups is 1. The van der Waals surface area contributed by atoms with Gasteiger partial charge in [0.2, 0.25) is 0 Å². The van der Waals surface area contributed by atoms with Crippen LogP contribution < -0.4 is 4.74 Å². The van der Waals surface area contributed by atoms with E-state index in [1.807, 2.05) is 0 Å². The van der Waals surface area contributed by atoms with Gasteiger partial charge in [-0.15, -0.1) is 0 Å². The average Bonchev–Trinajstić information content (AvgIpc) is 2.27. The molecule has 1 unspecified atom stereocenters. The van der Waals surface area contributed by atoms with Crippen LogP contribution in [0.5, 0.6) is 5.75 Å². The molecule has 0 aliphatic rings. The third-order valence-electron chi connectivity index (χ3n) is 2.32. The summed E-state index contributed by atoms with van der Waals surface area (Å²) in [6, 6.07) is 2.85. The van der Waals surface area contributed by atoms with E-state index >= 15 is 0 Å². The van der Waals surface area contributed by atoms with Crippen molar-refractivity contribution in [2.24, 2.45) is 0 Å². The number of ketones is 1. The number of non-ortho nitro benzene ring substituents is 1. The largest absolute Gasteiger partial charge is 0.480 e. The summed E-state index contributed by atoms with van der Waals surface area (Å²) in [7, 11) is 0. The number of alkyl halides is 3. The van der Waals surface area contributed by atoms with Gasteiger partial charge in [-0.1, -0.05) is 0 Å². The lowest BCUT2D eigenvalue weighted by molar-refractivity contribution is -0.384. The number of nitrogens with zero attached hydrogens (tertiary/aromatic N) is 1. The Morgan fingerprint density at radius 2 is 2.00 bits per heavy atom. The molecule has 0 N–H and O–H groups in total. The van der Waals surface area contributed by atoms with Crippen molar-refractivity contribution in [3.63, 3.8) is 0 Å². The van der Waals surface area contributed by atoms with Gasteiger partial charge in [-0.05, 0) is 19.9 Å². The lowest BCUT2D eigenvalue weighted by atomic mass is 10.1. The smallest absolute Gasteiger partial charge is 0.425 e. The van der Waals surface area contributed by atoms with E-state index in [0.29, 0.717) is 0 Å². The Kier molecular flexibility index (Phi) is 4.13. The van der Waals surface area contributed by atoms with Crippen LogP contribution in [0.4, 0.5) is 18.9 Å². The maximum absolute atomic E-state index is 12.4. The predicted octanol–water partition coefficient (Wildman–Crippen LogP) is 3.13. The molecule has 1 rings (SSSR count). The zero-order valence-corrected chi connectivity index (χ0v) is 10.0. The highest BCUT2D eigenvalue weighted by atomic mass is 19.4. The second-order valence-electron chi connectivity index (χ2n) is 3.80. The minimum atomic E-state index is -4.59. The molecule has 1 atom stereocenters. The zero-order chi connectivity index (χ0) is 14.8. The van der Waals surface area contributed by atoms with Crippen molar-refractivity contribution >= 4 is 11.5 Å². The Balaban J connectivity index is 3.14. The molecule has 0 heterocycles. The molecule has 1 aromatic rings. The Morgan fingerprint density at radius 1 is 1.42 bits per heavy atom. The normalized spacial score (nSPS) is 12.9. The van der Waals surface area contributed by atoms with Gasteiger partial charge in [0.1, 0.15) is 5.75 Å². The summed E-state index contributed by atoms with van der Waals surface area (Å²) in [6.07, 6.45) is -6.71. The molecule has 0 amide bonds. The minimum Gasteiger partial charge on any atom is -0.480 e. The lowest BCUT2D eigenvalue weighted by Crippen LogP contribution is -2.31. The van der Waals surface area contributed by atoms with Gasteiger partial charge in [-0.2, -0.15) is 13.2 Å². The molecular formula is C11H10F3NO4. The molecule has 1 aromatic carbocycles. The van der Waals surface area contributed by atoms with Gasteiger partial charge in [0, 0.05) is 12.1 Å². The summed E-state index contributed by atoms with van der Waals surface area (Å²) in [4.78, 5) is 21.1. The average molecular weight is 277 g/mol. The monoisotopic (exact) mass is 277 g/mol. The predicted molar refractivity (Wildman–Crippen MR) is 59.2 cm³/mol. The van der Waals surface area contributed by atoms with E-state index in [-0.39, 0.29) is 11.3 Å². The van der Waals surface area contributed by atoms with Crippen molar-refractivity contribution in [3.8, 4) is 5.75 Å². The summed E-state index contributed by atoms with van der Waals surface area (Å²) in [6.45, 7) is 1.87. The number of carbonyl (C=O) groups excluding carboxylic acids is 1. The van der Waals surface area contributed by atoms with Crippen LogP contribution in [0.25, 0.3) is 0 Å². The summed E-state index contributed by atoms with van der Waals surface area (Å²) >= 11 is 0. The van der Waals surface area contributed by atoms with Crippen molar-refractivity contribution in [1.29, 1.82) is 0 Å². The summed E-state index contributed by atoms with van der Waals surface area (Å²) in [5, 5.41) is 10.5. The Bertz CT molecular complexity index is 513. The second-order valence-corrected chi connectivity index (χ2v) is 3.80. The molecule has 19 heavy (non-hydrogen) atoms. The number of nitro groups is 1. The van der Waals surface area contributed by atoms with Crippen LogP contribution in [-0.2, 0) is 0 Å². The molecule has 0 radical (unpaired) electrons. The maximum atomic E-state index is 12.4. The number of Topliss-reactive ketones (excluding diaryl/α,β-unsaturated/α-hetero) is 1. The molecule has 5 nitrogen and oxygen atoms in total. The number of ether oxygens (including phenoxy) is 1. The SMILES string of the molecule is CC(=O)c1cc([N+](=O)[O-])ccc1OC(C)C(F)(F)F. The molecule has 104 valence electrons. The fourth-order valence-corrected chi connectivity index (χ4v) is 1.27. The van der Waals surface area contributed by atoms with E-state index in [1.165, 1.54) is 0 Å². The highest BCUT2D eigenvalue weighted by molar-refractivity contribution is 5.97. The number of halogens is 3. The first kappa shape index (κ1) is 14.9. The van der Waals surface area contributed by atoms with Crippen LogP contribution in [-0.4, -0.2) is 23.0 Å². The van der Waals surface area contributed by atoms with Gasteiger partial charge in [0.05, 0.1) is 10.5 Å². The summed E-state index contributed by atoms with van der Waals surface area (Å²) in [5.74, 6) is -0.948. The van der Waals surface area contributed by atoms with Crippen LogP contribution in [0.1, 0.15) is 24.2 Å². The first-order valence-corrected chi connectivity index (χ1v) is 5.15. The zero-order valence-electron chi connectivity index (χ0n) is 10.0. The number of nitro benzene ring substituents is 1. The van der Waals surface area contributed by atoms with Gasteiger partial charge in [-0.25, -0.2) is 0 Å². The second kappa shape index (κ2) is 5.25. The molecule has 8 heteroatoms. The number of rotatable bonds is 4. The van der Waals surface area contributed by atoms with Gasteiger partial charge < -0.3 is 4.74 Å². The number of hydrogen-bond donors (Lipinski definition) is 0. The summed E-state index contributed by atoms with van der Waals surface area (Å²) in [5.41, 5.74) is -0.650. The fourth-order valence-electron chi connectivity index (χ4n) is 1.27. The summed E-state index contributed by atoms with van der Waals surface area (Å²) < 4.78 is 41.7. The number of benzene rings is 1. The molecule has 0 bridgehead atoms. The third kappa shape index (κ3) is 3.67. The Hall–Kier alpha value is -2.12.